The van der Waals surface area contributed by atoms with Gasteiger partial charge in [-0.25, -0.2) is 4.98 Å². The Morgan fingerprint density at radius 2 is 2.00 bits per heavy atom. The summed E-state index contributed by atoms with van der Waals surface area (Å²) in [5.41, 5.74) is 0.964. The molecule has 1 aromatic heterocycles. The Bertz CT molecular complexity index is 481. The van der Waals surface area contributed by atoms with Crippen LogP contribution in [0.4, 0.5) is 0 Å². The molecule has 78 valence electrons. The molecule has 0 radical (unpaired) electrons. The highest BCUT2D eigenvalue weighted by Gasteiger charge is 2.06. The third-order valence-corrected chi connectivity index (χ3v) is 4.08. The highest BCUT2D eigenvalue weighted by Crippen LogP contribution is 2.31. The average molecular weight is 279 g/mol. The zero-order valence-electron chi connectivity index (χ0n) is 7.51. The molecule has 0 aliphatic rings. The van der Waals surface area contributed by atoms with Crippen LogP contribution in [0.5, 0.6) is 0 Å². The van der Waals surface area contributed by atoms with Crippen LogP contribution < -0.4 is 0 Å². The van der Waals surface area contributed by atoms with E-state index in [9.17, 15) is 0 Å². The lowest BCUT2D eigenvalue weighted by molar-refractivity contribution is 1.36. The molecule has 2 rings (SSSR count). The Balaban J connectivity index is 2.40. The summed E-state index contributed by atoms with van der Waals surface area (Å²) >= 11 is 19.0. The first-order valence-electron chi connectivity index (χ1n) is 4.17. The minimum absolute atomic E-state index is 0.485. The van der Waals surface area contributed by atoms with Crippen molar-refractivity contribution in [3.8, 4) is 10.6 Å². The van der Waals surface area contributed by atoms with Crippen molar-refractivity contribution in [1.82, 2.24) is 4.98 Å². The lowest BCUT2D eigenvalue weighted by Crippen LogP contribution is -1.75. The van der Waals surface area contributed by atoms with Crippen LogP contribution in [0.3, 0.4) is 0 Å². The quantitative estimate of drug-likeness (QED) is 0.715. The van der Waals surface area contributed by atoms with Gasteiger partial charge in [-0.1, -0.05) is 29.3 Å². The fraction of sp³-hybridized carbons (Fsp3) is 0.100. The maximum absolute atomic E-state index is 5.92. The van der Waals surface area contributed by atoms with Crippen LogP contribution in [-0.4, -0.2) is 4.98 Å². The SMILES string of the molecule is ClCc1cnc(-c2ccc(Cl)c(Cl)c2)s1. The molecular weight excluding hydrogens is 273 g/mol. The number of hydrogen-bond acceptors (Lipinski definition) is 2. The number of halogens is 3. The summed E-state index contributed by atoms with van der Waals surface area (Å²) in [4.78, 5) is 5.30. The molecule has 1 aromatic carbocycles. The van der Waals surface area contributed by atoms with Crippen molar-refractivity contribution in [2.45, 2.75) is 5.88 Å². The number of aromatic nitrogens is 1. The Hall–Kier alpha value is -0.280. The molecule has 0 saturated carbocycles. The van der Waals surface area contributed by atoms with Crippen LogP contribution in [-0.2, 0) is 5.88 Å². The Kier molecular flexibility index (Phi) is 3.52. The molecule has 0 aliphatic heterocycles. The first-order valence-corrected chi connectivity index (χ1v) is 6.27. The van der Waals surface area contributed by atoms with Crippen molar-refractivity contribution < 1.29 is 0 Å². The van der Waals surface area contributed by atoms with Gasteiger partial charge in [0.2, 0.25) is 0 Å². The van der Waals surface area contributed by atoms with Crippen molar-refractivity contribution >= 4 is 46.1 Å². The van der Waals surface area contributed by atoms with E-state index in [1.807, 2.05) is 6.07 Å². The van der Waals surface area contributed by atoms with Gasteiger partial charge < -0.3 is 0 Å². The summed E-state index contributed by atoms with van der Waals surface area (Å²) in [6, 6.07) is 5.47. The van der Waals surface area contributed by atoms with Gasteiger partial charge in [-0.05, 0) is 12.1 Å². The van der Waals surface area contributed by atoms with Crippen LogP contribution in [0, 0.1) is 0 Å². The van der Waals surface area contributed by atoms with Gasteiger partial charge in [0.15, 0.2) is 0 Å². The fourth-order valence-corrected chi connectivity index (χ4v) is 2.42. The highest BCUT2D eigenvalue weighted by atomic mass is 35.5. The molecule has 0 spiro atoms. The van der Waals surface area contributed by atoms with Crippen LogP contribution in [0.1, 0.15) is 4.88 Å². The molecule has 0 N–H and O–H groups in total. The number of nitrogens with zero attached hydrogens (tertiary/aromatic N) is 1. The first-order chi connectivity index (χ1) is 7.20. The second-order valence-corrected chi connectivity index (χ2v) is 5.09. The van der Waals surface area contributed by atoms with Crippen molar-refractivity contribution in [3.63, 3.8) is 0 Å². The number of alkyl halides is 1. The first kappa shape index (κ1) is 11.2. The number of benzene rings is 1. The van der Waals surface area contributed by atoms with E-state index in [1.165, 1.54) is 0 Å². The van der Waals surface area contributed by atoms with Crippen LogP contribution in [0.25, 0.3) is 10.6 Å². The van der Waals surface area contributed by atoms with Gasteiger partial charge in [0, 0.05) is 16.6 Å². The van der Waals surface area contributed by atoms with Gasteiger partial charge in [0.25, 0.3) is 0 Å². The maximum atomic E-state index is 5.92. The molecule has 5 heteroatoms. The molecule has 1 nitrogen and oxygen atoms in total. The summed E-state index contributed by atoms with van der Waals surface area (Å²) in [5, 5.41) is 2.00. The van der Waals surface area contributed by atoms with Crippen molar-refractivity contribution in [2.75, 3.05) is 0 Å². The largest absolute Gasteiger partial charge is 0.244 e. The fourth-order valence-electron chi connectivity index (χ4n) is 1.13. The minimum atomic E-state index is 0.485. The summed E-state index contributed by atoms with van der Waals surface area (Å²) in [7, 11) is 0. The number of thiazole rings is 1. The molecule has 0 bridgehead atoms. The molecule has 0 unspecified atom stereocenters. The molecule has 1 heterocycles. The molecule has 0 amide bonds. The lowest BCUT2D eigenvalue weighted by atomic mass is 10.2. The van der Waals surface area contributed by atoms with E-state index in [2.05, 4.69) is 4.98 Å². The Morgan fingerprint density at radius 3 is 2.60 bits per heavy atom. The second kappa shape index (κ2) is 4.71. The summed E-state index contributed by atoms with van der Waals surface area (Å²) < 4.78 is 0. The summed E-state index contributed by atoms with van der Waals surface area (Å²) in [5.74, 6) is 0.485. The minimum Gasteiger partial charge on any atom is -0.244 e. The molecule has 0 fully saturated rings. The van der Waals surface area contributed by atoms with Gasteiger partial charge >= 0.3 is 0 Å². The van der Waals surface area contributed by atoms with E-state index in [0.717, 1.165) is 15.4 Å². The average Bonchev–Trinajstić information content (AvgIpc) is 2.70. The van der Waals surface area contributed by atoms with E-state index >= 15 is 0 Å². The maximum Gasteiger partial charge on any atom is 0.123 e. The van der Waals surface area contributed by atoms with Crippen molar-refractivity contribution in [1.29, 1.82) is 0 Å². The van der Waals surface area contributed by atoms with Gasteiger partial charge in [0.05, 0.1) is 15.9 Å². The zero-order valence-corrected chi connectivity index (χ0v) is 10.6. The Morgan fingerprint density at radius 1 is 1.20 bits per heavy atom. The van der Waals surface area contributed by atoms with Crippen molar-refractivity contribution in [3.05, 3.63) is 39.3 Å². The predicted octanol–water partition coefficient (Wildman–Crippen LogP) is 4.86. The van der Waals surface area contributed by atoms with E-state index in [4.69, 9.17) is 34.8 Å². The molecule has 0 atom stereocenters. The third-order valence-electron chi connectivity index (χ3n) is 1.85. The molecule has 0 saturated heterocycles. The summed E-state index contributed by atoms with van der Waals surface area (Å²) in [6.45, 7) is 0. The van der Waals surface area contributed by atoms with Crippen LogP contribution in [0.15, 0.2) is 24.4 Å². The van der Waals surface area contributed by atoms with E-state index < -0.39 is 0 Å². The molecule has 15 heavy (non-hydrogen) atoms. The van der Waals surface area contributed by atoms with E-state index in [-0.39, 0.29) is 0 Å². The second-order valence-electron chi connectivity index (χ2n) is 2.89. The topological polar surface area (TPSA) is 12.9 Å². The third kappa shape index (κ3) is 2.45. The van der Waals surface area contributed by atoms with Crippen LogP contribution in [0.2, 0.25) is 10.0 Å². The normalized spacial score (nSPS) is 10.6. The number of hydrogen-bond donors (Lipinski definition) is 0. The molecular formula is C10H6Cl3NS. The van der Waals surface area contributed by atoms with Gasteiger partial charge in [-0.2, -0.15) is 0 Å². The standard InChI is InChI=1S/C10H6Cl3NS/c11-4-7-5-14-10(15-7)6-1-2-8(12)9(13)3-6/h1-3,5H,4H2. The Labute approximate surface area is 107 Å². The zero-order chi connectivity index (χ0) is 10.8. The monoisotopic (exact) mass is 277 g/mol. The predicted molar refractivity (Wildman–Crippen MR) is 67.1 cm³/mol. The molecule has 2 aromatic rings. The van der Waals surface area contributed by atoms with Gasteiger partial charge in [0.1, 0.15) is 5.01 Å². The molecule has 0 aliphatic carbocycles. The van der Waals surface area contributed by atoms with Crippen LogP contribution >= 0.6 is 46.1 Å². The van der Waals surface area contributed by atoms with E-state index in [1.54, 1.807) is 29.7 Å². The number of rotatable bonds is 2. The summed E-state index contributed by atoms with van der Waals surface area (Å²) in [6.07, 6.45) is 1.77. The van der Waals surface area contributed by atoms with Crippen molar-refractivity contribution in [2.24, 2.45) is 0 Å². The lowest BCUT2D eigenvalue weighted by Gasteiger charge is -1.98. The van der Waals surface area contributed by atoms with Gasteiger partial charge in [-0.3, -0.25) is 0 Å². The highest BCUT2D eigenvalue weighted by molar-refractivity contribution is 7.15. The smallest absolute Gasteiger partial charge is 0.123 e. The van der Waals surface area contributed by atoms with E-state index in [0.29, 0.717) is 15.9 Å². The van der Waals surface area contributed by atoms with Gasteiger partial charge in [-0.15, -0.1) is 22.9 Å².